The van der Waals surface area contributed by atoms with Crippen LogP contribution in [0.5, 0.6) is 5.75 Å². The number of methoxy groups -OCH3 is 1. The third-order valence-corrected chi connectivity index (χ3v) is 4.14. The van der Waals surface area contributed by atoms with Crippen molar-refractivity contribution in [1.82, 2.24) is 5.16 Å². The highest BCUT2D eigenvalue weighted by atomic mass is 16.6. The minimum Gasteiger partial charge on any atom is -0.495 e. The van der Waals surface area contributed by atoms with Gasteiger partial charge in [-0.2, -0.15) is 0 Å². The largest absolute Gasteiger partial charge is 0.495 e. The topological polar surface area (TPSA) is 108 Å². The zero-order chi connectivity index (χ0) is 17.3. The first-order valence-electron chi connectivity index (χ1n) is 7.60. The smallest absolute Gasteiger partial charge is 0.278 e. The fourth-order valence-corrected chi connectivity index (χ4v) is 2.85. The van der Waals surface area contributed by atoms with Crippen molar-refractivity contribution in [2.45, 2.75) is 26.2 Å². The second-order valence-corrected chi connectivity index (χ2v) is 5.88. The van der Waals surface area contributed by atoms with Gasteiger partial charge in [0.1, 0.15) is 11.5 Å². The number of benzene rings is 1. The van der Waals surface area contributed by atoms with Gasteiger partial charge in [0.15, 0.2) is 5.69 Å². The van der Waals surface area contributed by atoms with Crippen molar-refractivity contribution in [1.29, 1.82) is 0 Å². The van der Waals surface area contributed by atoms with Gasteiger partial charge in [0.05, 0.1) is 17.7 Å². The van der Waals surface area contributed by atoms with Crippen LogP contribution in [0.1, 0.15) is 35.2 Å². The molecular weight excluding hydrogens is 314 g/mol. The molecule has 1 heterocycles. The molecule has 1 amide bonds. The van der Waals surface area contributed by atoms with E-state index in [0.29, 0.717) is 11.7 Å². The van der Waals surface area contributed by atoms with Crippen LogP contribution in [-0.2, 0) is 12.8 Å². The Morgan fingerprint density at radius 3 is 3.00 bits per heavy atom. The summed E-state index contributed by atoms with van der Waals surface area (Å²) in [6.07, 6.45) is 2.49. The number of nitrogens with one attached hydrogen (secondary N) is 1. The first-order valence-corrected chi connectivity index (χ1v) is 7.60. The number of fused-ring (bicyclic) bond motifs is 1. The number of nitro groups is 1. The lowest BCUT2D eigenvalue weighted by molar-refractivity contribution is -0.384. The van der Waals surface area contributed by atoms with Gasteiger partial charge in [-0.15, -0.1) is 0 Å². The Bertz CT molecular complexity index is 799. The molecule has 24 heavy (non-hydrogen) atoms. The molecule has 8 nitrogen and oxygen atoms in total. The fourth-order valence-electron chi connectivity index (χ4n) is 2.85. The van der Waals surface area contributed by atoms with Crippen LogP contribution in [0, 0.1) is 16.0 Å². The number of anilines is 1. The molecule has 0 aliphatic heterocycles. The van der Waals surface area contributed by atoms with E-state index in [1.807, 2.05) is 0 Å². The van der Waals surface area contributed by atoms with E-state index < -0.39 is 10.8 Å². The number of amides is 1. The molecule has 1 aromatic carbocycles. The van der Waals surface area contributed by atoms with Crippen molar-refractivity contribution in [3.8, 4) is 5.75 Å². The summed E-state index contributed by atoms with van der Waals surface area (Å²) in [6.45, 7) is 2.11. The van der Waals surface area contributed by atoms with Crippen LogP contribution in [0.25, 0.3) is 0 Å². The number of nitrogens with zero attached hydrogens (tertiary/aromatic N) is 2. The molecule has 1 aliphatic carbocycles. The number of aryl methyl sites for hydroxylation is 1. The van der Waals surface area contributed by atoms with Crippen LogP contribution >= 0.6 is 0 Å². The Labute approximate surface area is 137 Å². The van der Waals surface area contributed by atoms with Crippen LogP contribution in [-0.4, -0.2) is 23.1 Å². The number of carbonyl (C=O) groups is 1. The van der Waals surface area contributed by atoms with Crippen molar-refractivity contribution in [3.63, 3.8) is 0 Å². The number of hydrogen-bond acceptors (Lipinski definition) is 6. The Kier molecular flexibility index (Phi) is 4.20. The lowest BCUT2D eigenvalue weighted by Gasteiger charge is -2.16. The van der Waals surface area contributed by atoms with E-state index in [4.69, 9.17) is 9.26 Å². The van der Waals surface area contributed by atoms with Gasteiger partial charge in [0.25, 0.3) is 11.6 Å². The van der Waals surface area contributed by atoms with Crippen LogP contribution in [0.15, 0.2) is 22.7 Å². The Hall–Kier alpha value is -2.90. The molecule has 2 aromatic rings. The van der Waals surface area contributed by atoms with E-state index in [9.17, 15) is 14.9 Å². The van der Waals surface area contributed by atoms with Gasteiger partial charge in [0.2, 0.25) is 0 Å². The normalized spacial score (nSPS) is 16.3. The number of non-ortho nitro benzene ring substituents is 1. The van der Waals surface area contributed by atoms with Crippen molar-refractivity contribution < 1.29 is 19.0 Å². The molecule has 8 heteroatoms. The minimum absolute atomic E-state index is 0.137. The van der Waals surface area contributed by atoms with Gasteiger partial charge in [-0.1, -0.05) is 12.1 Å². The molecule has 0 radical (unpaired) electrons. The fraction of sp³-hybridized carbons (Fsp3) is 0.375. The van der Waals surface area contributed by atoms with Crippen LogP contribution in [0.2, 0.25) is 0 Å². The summed E-state index contributed by atoms with van der Waals surface area (Å²) in [5.41, 5.74) is 1.12. The van der Waals surface area contributed by atoms with Crippen molar-refractivity contribution in [2.75, 3.05) is 12.4 Å². The molecule has 0 bridgehead atoms. The number of ether oxygens (including phenoxy) is 1. The summed E-state index contributed by atoms with van der Waals surface area (Å²) >= 11 is 0. The van der Waals surface area contributed by atoms with E-state index in [2.05, 4.69) is 17.4 Å². The maximum Gasteiger partial charge on any atom is 0.278 e. The highest BCUT2D eigenvalue weighted by Gasteiger charge is 2.27. The predicted molar refractivity (Wildman–Crippen MR) is 85.3 cm³/mol. The van der Waals surface area contributed by atoms with Crippen LogP contribution in [0.3, 0.4) is 0 Å². The average Bonchev–Trinajstić information content (AvgIpc) is 2.97. The average molecular weight is 331 g/mol. The molecule has 1 aliphatic rings. The summed E-state index contributed by atoms with van der Waals surface area (Å²) in [5, 5.41) is 17.4. The number of carbonyl (C=O) groups excluding carboxylic acids is 1. The molecule has 0 saturated carbocycles. The monoisotopic (exact) mass is 331 g/mol. The van der Waals surface area contributed by atoms with Crippen LogP contribution < -0.4 is 10.1 Å². The maximum atomic E-state index is 12.5. The first kappa shape index (κ1) is 16.0. The van der Waals surface area contributed by atoms with Gasteiger partial charge in [-0.25, -0.2) is 0 Å². The molecule has 126 valence electrons. The molecular formula is C16H17N3O5. The standard InChI is InChI=1S/C16H17N3O5/c1-9-3-5-13-11(7-9)15(18-24-13)16(20)17-12-8-10(19(21)22)4-6-14(12)23-2/h4,6,8-9H,3,5,7H2,1-2H3,(H,17,20). The van der Waals surface area contributed by atoms with E-state index in [1.165, 1.54) is 25.3 Å². The molecule has 1 N–H and O–H groups in total. The Morgan fingerprint density at radius 2 is 2.29 bits per heavy atom. The van der Waals surface area contributed by atoms with Crippen molar-refractivity contribution in [2.24, 2.45) is 5.92 Å². The summed E-state index contributed by atoms with van der Waals surface area (Å²) in [7, 11) is 1.43. The van der Waals surface area contributed by atoms with Gasteiger partial charge in [-0.05, 0) is 24.8 Å². The third kappa shape index (κ3) is 2.94. The Balaban J connectivity index is 1.89. The highest BCUT2D eigenvalue weighted by molar-refractivity contribution is 6.04. The second-order valence-electron chi connectivity index (χ2n) is 5.88. The molecule has 1 atom stereocenters. The van der Waals surface area contributed by atoms with Gasteiger partial charge >= 0.3 is 0 Å². The second kappa shape index (κ2) is 6.31. The zero-order valence-electron chi connectivity index (χ0n) is 13.4. The summed E-state index contributed by atoms with van der Waals surface area (Å²) in [4.78, 5) is 22.9. The third-order valence-electron chi connectivity index (χ3n) is 4.14. The maximum absolute atomic E-state index is 12.5. The first-order chi connectivity index (χ1) is 11.5. The summed E-state index contributed by atoms with van der Waals surface area (Å²) < 4.78 is 10.4. The van der Waals surface area contributed by atoms with E-state index >= 15 is 0 Å². The lowest BCUT2D eigenvalue weighted by atomic mass is 9.88. The number of aromatic nitrogens is 1. The molecule has 0 spiro atoms. The molecule has 1 unspecified atom stereocenters. The summed E-state index contributed by atoms with van der Waals surface area (Å²) in [5.74, 6) is 1.06. The number of rotatable bonds is 4. The van der Waals surface area contributed by atoms with E-state index in [1.54, 1.807) is 0 Å². The SMILES string of the molecule is COc1ccc([N+](=O)[O-])cc1NC(=O)c1noc2c1CC(C)CC2. The van der Waals surface area contributed by atoms with Crippen molar-refractivity contribution >= 4 is 17.3 Å². The predicted octanol–water partition coefficient (Wildman–Crippen LogP) is 2.97. The summed E-state index contributed by atoms with van der Waals surface area (Å²) in [6, 6.07) is 4.01. The quantitative estimate of drug-likeness (QED) is 0.681. The molecule has 0 saturated heterocycles. The number of nitro benzene ring substituents is 1. The molecule has 3 rings (SSSR count). The lowest BCUT2D eigenvalue weighted by Crippen LogP contribution is -2.18. The van der Waals surface area contributed by atoms with Gasteiger partial charge in [0, 0.05) is 24.1 Å². The molecule has 0 fully saturated rings. The van der Waals surface area contributed by atoms with Gasteiger partial charge in [-0.3, -0.25) is 14.9 Å². The minimum atomic E-state index is -0.533. The number of hydrogen-bond donors (Lipinski definition) is 1. The highest BCUT2D eigenvalue weighted by Crippen LogP contribution is 2.31. The van der Waals surface area contributed by atoms with Crippen molar-refractivity contribution in [3.05, 3.63) is 45.3 Å². The molecule has 1 aromatic heterocycles. The zero-order valence-corrected chi connectivity index (χ0v) is 13.4. The van der Waals surface area contributed by atoms with E-state index in [-0.39, 0.29) is 17.1 Å². The Morgan fingerprint density at radius 1 is 1.50 bits per heavy atom. The van der Waals surface area contributed by atoms with Crippen LogP contribution in [0.4, 0.5) is 11.4 Å². The van der Waals surface area contributed by atoms with E-state index in [0.717, 1.165) is 30.6 Å². The van der Waals surface area contributed by atoms with Gasteiger partial charge < -0.3 is 14.6 Å².